The van der Waals surface area contributed by atoms with Crippen LogP contribution in [0.3, 0.4) is 0 Å². The summed E-state index contributed by atoms with van der Waals surface area (Å²) in [7, 11) is 0. The van der Waals surface area contributed by atoms with Gasteiger partial charge in [0.15, 0.2) is 17.7 Å². The highest BCUT2D eigenvalue weighted by Crippen LogP contribution is 2.20. The molecule has 0 saturated carbocycles. The number of carbonyl (C=O) groups excluding carboxylic acids is 1. The fourth-order valence-corrected chi connectivity index (χ4v) is 2.57. The van der Waals surface area contributed by atoms with E-state index in [1.165, 1.54) is 17.9 Å². The van der Waals surface area contributed by atoms with Crippen molar-refractivity contribution >= 4 is 11.9 Å². The highest BCUT2D eigenvalue weighted by molar-refractivity contribution is 5.85. The van der Waals surface area contributed by atoms with Crippen molar-refractivity contribution in [2.24, 2.45) is 0 Å². The molecule has 1 atom stereocenters. The zero-order valence-electron chi connectivity index (χ0n) is 13.2. The van der Waals surface area contributed by atoms with Crippen molar-refractivity contribution in [3.05, 3.63) is 29.8 Å². The molecule has 1 heterocycles. The van der Waals surface area contributed by atoms with Gasteiger partial charge in [0.2, 0.25) is 0 Å². The molecular formula is C16H19F2NO5. The lowest BCUT2D eigenvalue weighted by Gasteiger charge is -2.34. The number of carboxylic acids is 1. The molecule has 1 N–H and O–H groups in total. The number of carbonyl (C=O) groups is 2. The zero-order valence-corrected chi connectivity index (χ0v) is 13.2. The molecule has 0 bridgehead atoms. The van der Waals surface area contributed by atoms with Crippen molar-refractivity contribution in [2.75, 3.05) is 19.8 Å². The van der Waals surface area contributed by atoms with Gasteiger partial charge in [-0.25, -0.2) is 8.78 Å². The predicted octanol–water partition coefficient (Wildman–Crippen LogP) is 1.82. The molecule has 1 fully saturated rings. The van der Waals surface area contributed by atoms with E-state index in [0.29, 0.717) is 26.1 Å². The summed E-state index contributed by atoms with van der Waals surface area (Å²) in [6, 6.07) is 2.70. The second-order valence-corrected chi connectivity index (χ2v) is 5.54. The summed E-state index contributed by atoms with van der Waals surface area (Å²) in [5.41, 5.74) is 0. The summed E-state index contributed by atoms with van der Waals surface area (Å²) in [6.07, 6.45) is 0.0467. The van der Waals surface area contributed by atoms with Gasteiger partial charge in [-0.3, -0.25) is 9.59 Å². The third kappa shape index (κ3) is 4.64. The van der Waals surface area contributed by atoms with Gasteiger partial charge in [-0.15, -0.1) is 0 Å². The molecule has 6 nitrogen and oxygen atoms in total. The molecule has 24 heavy (non-hydrogen) atoms. The van der Waals surface area contributed by atoms with E-state index >= 15 is 0 Å². The van der Waals surface area contributed by atoms with Gasteiger partial charge in [0.05, 0.1) is 0 Å². The minimum atomic E-state index is -1.13. The van der Waals surface area contributed by atoms with Gasteiger partial charge >= 0.3 is 5.97 Å². The topological polar surface area (TPSA) is 76.1 Å². The number of rotatable bonds is 6. The van der Waals surface area contributed by atoms with E-state index in [4.69, 9.17) is 14.6 Å². The van der Waals surface area contributed by atoms with Crippen LogP contribution in [0.2, 0.25) is 0 Å². The molecular weight excluding hydrogens is 324 g/mol. The van der Waals surface area contributed by atoms with Gasteiger partial charge in [0.25, 0.3) is 5.91 Å². The lowest BCUT2D eigenvalue weighted by Crippen LogP contribution is -2.50. The monoisotopic (exact) mass is 343 g/mol. The maximum Gasteiger partial charge on any atom is 0.323 e. The van der Waals surface area contributed by atoms with Crippen LogP contribution in [0.5, 0.6) is 5.75 Å². The van der Waals surface area contributed by atoms with E-state index in [9.17, 15) is 18.4 Å². The summed E-state index contributed by atoms with van der Waals surface area (Å²) < 4.78 is 36.7. The van der Waals surface area contributed by atoms with Crippen LogP contribution < -0.4 is 4.74 Å². The van der Waals surface area contributed by atoms with Crippen LogP contribution >= 0.6 is 0 Å². The minimum absolute atomic E-state index is 0.00278. The highest BCUT2D eigenvalue weighted by Gasteiger charge is 2.31. The lowest BCUT2D eigenvalue weighted by molar-refractivity contribution is -0.151. The zero-order chi connectivity index (χ0) is 17.7. The summed E-state index contributed by atoms with van der Waals surface area (Å²) in [6.45, 7) is 1.89. The number of halogens is 2. The molecule has 0 aliphatic carbocycles. The standard InChI is InChI=1S/C16H19F2NO5/c1-10(24-12-2-3-13(17)14(18)8-12)16(22)19(9-15(20)21)11-4-6-23-7-5-11/h2-3,8,10-11H,4-7,9H2,1H3,(H,20,21)/t10-/m0/s1. The predicted molar refractivity (Wildman–Crippen MR) is 79.6 cm³/mol. The smallest absolute Gasteiger partial charge is 0.323 e. The number of aliphatic carboxylic acids is 1. The first-order valence-corrected chi connectivity index (χ1v) is 7.60. The molecule has 0 spiro atoms. The fraction of sp³-hybridized carbons (Fsp3) is 0.500. The van der Waals surface area contributed by atoms with Gasteiger partial charge < -0.3 is 19.5 Å². The second-order valence-electron chi connectivity index (χ2n) is 5.54. The van der Waals surface area contributed by atoms with Crippen LogP contribution in [0.15, 0.2) is 18.2 Å². The average Bonchev–Trinajstić information content (AvgIpc) is 2.56. The molecule has 1 amide bonds. The fourth-order valence-electron chi connectivity index (χ4n) is 2.57. The third-order valence-corrected chi connectivity index (χ3v) is 3.77. The highest BCUT2D eigenvalue weighted by atomic mass is 19.2. The number of amides is 1. The molecule has 1 aliphatic heterocycles. The summed E-state index contributed by atoms with van der Waals surface area (Å²) >= 11 is 0. The number of carboxylic acid groups (broad SMARTS) is 1. The van der Waals surface area contributed by atoms with Gasteiger partial charge in [-0.2, -0.15) is 0 Å². The van der Waals surface area contributed by atoms with E-state index in [2.05, 4.69) is 0 Å². The number of benzene rings is 1. The normalized spacial score (nSPS) is 16.5. The molecule has 1 aliphatic rings. The van der Waals surface area contributed by atoms with Crippen LogP contribution in [0.4, 0.5) is 8.78 Å². The molecule has 0 aromatic heterocycles. The molecule has 1 aromatic carbocycles. The molecule has 0 radical (unpaired) electrons. The largest absolute Gasteiger partial charge is 0.481 e. The van der Waals surface area contributed by atoms with Gasteiger partial charge in [-0.05, 0) is 31.9 Å². The Hall–Kier alpha value is -2.22. The molecule has 1 aromatic rings. The van der Waals surface area contributed by atoms with E-state index in [1.807, 2.05) is 0 Å². The Bertz CT molecular complexity index is 604. The Morgan fingerprint density at radius 2 is 2.00 bits per heavy atom. The second kappa shape index (κ2) is 8.05. The van der Waals surface area contributed by atoms with E-state index in [0.717, 1.165) is 12.1 Å². The number of ether oxygens (including phenoxy) is 2. The maximum absolute atomic E-state index is 13.2. The van der Waals surface area contributed by atoms with Gasteiger partial charge in [0, 0.05) is 25.3 Å². The van der Waals surface area contributed by atoms with Crippen molar-refractivity contribution in [3.8, 4) is 5.75 Å². The van der Waals surface area contributed by atoms with Crippen LogP contribution in [0.1, 0.15) is 19.8 Å². The number of hydrogen-bond acceptors (Lipinski definition) is 4. The van der Waals surface area contributed by atoms with Crippen LogP contribution in [-0.4, -0.2) is 53.8 Å². The van der Waals surface area contributed by atoms with Crippen molar-refractivity contribution < 1.29 is 33.0 Å². The van der Waals surface area contributed by atoms with Crippen LogP contribution in [0.25, 0.3) is 0 Å². The summed E-state index contributed by atoms with van der Waals surface area (Å²) in [5.74, 6) is -3.75. The first-order valence-electron chi connectivity index (χ1n) is 7.60. The number of hydrogen-bond donors (Lipinski definition) is 1. The average molecular weight is 343 g/mol. The van der Waals surface area contributed by atoms with E-state index in [1.54, 1.807) is 0 Å². The van der Waals surface area contributed by atoms with Crippen molar-refractivity contribution in [1.29, 1.82) is 0 Å². The maximum atomic E-state index is 13.2. The van der Waals surface area contributed by atoms with Crippen LogP contribution in [0, 0.1) is 11.6 Å². The first kappa shape index (κ1) is 18.1. The first-order chi connectivity index (χ1) is 11.4. The Morgan fingerprint density at radius 1 is 1.33 bits per heavy atom. The molecule has 0 unspecified atom stereocenters. The van der Waals surface area contributed by atoms with Crippen LogP contribution in [-0.2, 0) is 14.3 Å². The molecule has 1 saturated heterocycles. The Labute approximate surface area is 138 Å². The summed E-state index contributed by atoms with van der Waals surface area (Å²) in [4.78, 5) is 24.9. The van der Waals surface area contributed by atoms with Gasteiger partial charge in [-0.1, -0.05) is 0 Å². The Kier molecular flexibility index (Phi) is 6.08. The molecule has 2 rings (SSSR count). The SMILES string of the molecule is C[C@H](Oc1ccc(F)c(F)c1)C(=O)N(CC(=O)O)C1CCOCC1. The van der Waals surface area contributed by atoms with E-state index in [-0.39, 0.29) is 11.8 Å². The summed E-state index contributed by atoms with van der Waals surface area (Å²) in [5, 5.41) is 9.04. The Morgan fingerprint density at radius 3 is 2.58 bits per heavy atom. The molecule has 132 valence electrons. The van der Waals surface area contributed by atoms with Crippen molar-refractivity contribution in [3.63, 3.8) is 0 Å². The van der Waals surface area contributed by atoms with Crippen molar-refractivity contribution in [1.82, 2.24) is 4.90 Å². The van der Waals surface area contributed by atoms with E-state index < -0.39 is 36.2 Å². The molecule has 8 heteroatoms. The van der Waals surface area contributed by atoms with Crippen molar-refractivity contribution in [2.45, 2.75) is 31.9 Å². The minimum Gasteiger partial charge on any atom is -0.481 e. The number of nitrogens with zero attached hydrogens (tertiary/aromatic N) is 1. The Balaban J connectivity index is 2.08. The lowest BCUT2D eigenvalue weighted by atomic mass is 10.1. The quantitative estimate of drug-likeness (QED) is 0.853. The van der Waals surface area contributed by atoms with Gasteiger partial charge in [0.1, 0.15) is 12.3 Å². The third-order valence-electron chi connectivity index (χ3n) is 3.77.